The number of aldehydes is 1. The van der Waals surface area contributed by atoms with Gasteiger partial charge in [0, 0.05) is 50.6 Å². The minimum atomic E-state index is 0.333. The van der Waals surface area contributed by atoms with Crippen LogP contribution < -0.4 is 0 Å². The Morgan fingerprint density at radius 1 is 1.00 bits per heavy atom. The summed E-state index contributed by atoms with van der Waals surface area (Å²) < 4.78 is 0. The summed E-state index contributed by atoms with van der Waals surface area (Å²) in [5.41, 5.74) is 2.64. The largest absolute Gasteiger partial charge is 0.343 e. The number of rotatable bonds is 8. The van der Waals surface area contributed by atoms with E-state index in [2.05, 4.69) is 45.9 Å². The van der Waals surface area contributed by atoms with Gasteiger partial charge in [-0.25, -0.2) is 0 Å². The maximum absolute atomic E-state index is 13.1. The van der Waals surface area contributed by atoms with Gasteiger partial charge < -0.3 is 14.6 Å². The lowest BCUT2D eigenvalue weighted by Gasteiger charge is -2.43. The molecule has 0 aromatic heterocycles. The number of carbonyl (C=O) groups is 2. The molecule has 0 saturated carbocycles. The van der Waals surface area contributed by atoms with Crippen molar-refractivity contribution < 1.29 is 9.59 Å². The van der Waals surface area contributed by atoms with Crippen molar-refractivity contribution in [1.82, 2.24) is 14.7 Å². The molecule has 33 heavy (non-hydrogen) atoms. The molecular formula is C28H43N3O2. The summed E-state index contributed by atoms with van der Waals surface area (Å²) in [6.45, 7) is 7.28. The second-order valence-electron chi connectivity index (χ2n) is 10.5. The summed E-state index contributed by atoms with van der Waals surface area (Å²) in [5.74, 6) is 0.333. The molecule has 1 aromatic rings. The molecule has 0 N–H and O–H groups in total. The molecule has 0 bridgehead atoms. The highest BCUT2D eigenvalue weighted by molar-refractivity contribution is 5.76. The van der Waals surface area contributed by atoms with Crippen LogP contribution >= 0.6 is 0 Å². The van der Waals surface area contributed by atoms with Gasteiger partial charge in [-0.05, 0) is 76.9 Å². The zero-order chi connectivity index (χ0) is 23.0. The van der Waals surface area contributed by atoms with Crippen LogP contribution in [0.3, 0.4) is 0 Å². The van der Waals surface area contributed by atoms with E-state index in [1.165, 1.54) is 49.9 Å². The van der Waals surface area contributed by atoms with Gasteiger partial charge in [-0.3, -0.25) is 9.69 Å². The summed E-state index contributed by atoms with van der Waals surface area (Å²) in [5, 5.41) is 0. The number of aryl methyl sites for hydroxylation is 1. The van der Waals surface area contributed by atoms with Gasteiger partial charge in [0.1, 0.15) is 6.29 Å². The summed E-state index contributed by atoms with van der Waals surface area (Å²) in [4.78, 5) is 31.6. The van der Waals surface area contributed by atoms with E-state index < -0.39 is 0 Å². The molecule has 0 unspecified atom stereocenters. The minimum Gasteiger partial charge on any atom is -0.343 e. The van der Waals surface area contributed by atoms with Gasteiger partial charge in [-0.15, -0.1) is 0 Å². The monoisotopic (exact) mass is 453 g/mol. The van der Waals surface area contributed by atoms with E-state index in [-0.39, 0.29) is 0 Å². The first-order chi connectivity index (χ1) is 16.2. The van der Waals surface area contributed by atoms with Crippen LogP contribution in [0.5, 0.6) is 0 Å². The molecule has 1 amide bonds. The van der Waals surface area contributed by atoms with E-state index in [9.17, 15) is 9.59 Å². The molecule has 0 radical (unpaired) electrons. The molecule has 3 aliphatic heterocycles. The lowest BCUT2D eigenvalue weighted by atomic mass is 9.88. The Kier molecular flexibility index (Phi) is 8.96. The number of benzene rings is 1. The molecule has 4 rings (SSSR count). The van der Waals surface area contributed by atoms with Crippen LogP contribution in [0.15, 0.2) is 24.3 Å². The third-order valence-corrected chi connectivity index (χ3v) is 8.23. The third-order valence-electron chi connectivity index (χ3n) is 8.23. The molecule has 0 aliphatic carbocycles. The van der Waals surface area contributed by atoms with E-state index >= 15 is 0 Å². The van der Waals surface area contributed by atoms with E-state index in [0.29, 0.717) is 36.9 Å². The Bertz CT molecular complexity index is 768. The normalized spacial score (nSPS) is 25.8. The maximum atomic E-state index is 13.1. The highest BCUT2D eigenvalue weighted by Crippen LogP contribution is 2.36. The van der Waals surface area contributed by atoms with Crippen LogP contribution in [-0.2, 0) is 9.59 Å². The van der Waals surface area contributed by atoms with E-state index in [0.717, 1.165) is 58.0 Å². The topological polar surface area (TPSA) is 43.9 Å². The summed E-state index contributed by atoms with van der Waals surface area (Å²) in [7, 11) is 0. The first-order valence-electron chi connectivity index (χ1n) is 13.4. The summed E-state index contributed by atoms with van der Waals surface area (Å²) in [6, 6.07) is 10.2. The number of amides is 1. The van der Waals surface area contributed by atoms with Crippen molar-refractivity contribution in [1.29, 1.82) is 0 Å². The SMILES string of the molecule is Cc1cccc([C@@H]2CCC[C@H](CCC(=O)N3CCC(N4CCCCC4)CC3)N2CCC=O)c1. The molecule has 0 spiro atoms. The predicted molar refractivity (Wildman–Crippen MR) is 133 cm³/mol. The molecular weight excluding hydrogens is 410 g/mol. The Hall–Kier alpha value is -1.72. The standard InChI is InChI=1S/C28H43N3O2/c1-23-8-5-9-24(22-23)27-11-6-10-26(31(27)18-7-21-32)12-13-28(33)30-19-14-25(15-20-30)29-16-3-2-4-17-29/h5,8-9,21-22,25-27H,2-4,6-7,10-20H2,1H3/t26-,27+/m1/s1. The van der Waals surface area contributed by atoms with Gasteiger partial charge in [0.2, 0.25) is 5.91 Å². The predicted octanol–water partition coefficient (Wildman–Crippen LogP) is 4.74. The Morgan fingerprint density at radius 3 is 2.52 bits per heavy atom. The Balaban J connectivity index is 1.31. The molecule has 182 valence electrons. The number of hydrogen-bond acceptors (Lipinski definition) is 4. The lowest BCUT2D eigenvalue weighted by molar-refractivity contribution is -0.133. The van der Waals surface area contributed by atoms with Crippen molar-refractivity contribution in [2.45, 2.75) is 95.7 Å². The van der Waals surface area contributed by atoms with Crippen LogP contribution in [0.1, 0.15) is 87.8 Å². The lowest BCUT2D eigenvalue weighted by Crippen LogP contribution is -2.48. The molecule has 3 saturated heterocycles. The van der Waals surface area contributed by atoms with E-state index in [1.807, 2.05) is 0 Å². The molecule has 1 aromatic carbocycles. The molecule has 5 nitrogen and oxygen atoms in total. The quantitative estimate of drug-likeness (QED) is 0.534. The maximum Gasteiger partial charge on any atom is 0.222 e. The van der Waals surface area contributed by atoms with Gasteiger partial charge in [-0.2, -0.15) is 0 Å². The van der Waals surface area contributed by atoms with Crippen molar-refractivity contribution in [3.63, 3.8) is 0 Å². The fraction of sp³-hybridized carbons (Fsp3) is 0.714. The van der Waals surface area contributed by atoms with Gasteiger partial charge in [0.15, 0.2) is 0 Å². The highest BCUT2D eigenvalue weighted by atomic mass is 16.2. The summed E-state index contributed by atoms with van der Waals surface area (Å²) >= 11 is 0. The zero-order valence-corrected chi connectivity index (χ0v) is 20.6. The number of likely N-dealkylation sites (tertiary alicyclic amines) is 3. The number of carbonyl (C=O) groups excluding carboxylic acids is 2. The molecule has 3 heterocycles. The van der Waals surface area contributed by atoms with Gasteiger partial charge in [0.05, 0.1) is 0 Å². The first-order valence-corrected chi connectivity index (χ1v) is 13.4. The van der Waals surface area contributed by atoms with Crippen molar-refractivity contribution >= 4 is 12.2 Å². The van der Waals surface area contributed by atoms with Crippen LogP contribution in [0.25, 0.3) is 0 Å². The zero-order valence-electron chi connectivity index (χ0n) is 20.6. The van der Waals surface area contributed by atoms with Crippen molar-refractivity contribution in [3.05, 3.63) is 35.4 Å². The van der Waals surface area contributed by atoms with Crippen LogP contribution in [0.2, 0.25) is 0 Å². The molecule has 3 aliphatic rings. The van der Waals surface area contributed by atoms with Gasteiger partial charge in [0.25, 0.3) is 0 Å². The van der Waals surface area contributed by atoms with Gasteiger partial charge >= 0.3 is 0 Å². The average molecular weight is 454 g/mol. The fourth-order valence-corrected chi connectivity index (χ4v) is 6.43. The van der Waals surface area contributed by atoms with Crippen LogP contribution in [-0.4, -0.2) is 71.7 Å². The van der Waals surface area contributed by atoms with Crippen LogP contribution in [0.4, 0.5) is 0 Å². The van der Waals surface area contributed by atoms with Crippen molar-refractivity contribution in [2.24, 2.45) is 0 Å². The van der Waals surface area contributed by atoms with E-state index in [1.54, 1.807) is 0 Å². The smallest absolute Gasteiger partial charge is 0.222 e. The van der Waals surface area contributed by atoms with E-state index in [4.69, 9.17) is 0 Å². The van der Waals surface area contributed by atoms with Crippen molar-refractivity contribution in [3.8, 4) is 0 Å². The molecule has 2 atom stereocenters. The fourth-order valence-electron chi connectivity index (χ4n) is 6.43. The highest BCUT2D eigenvalue weighted by Gasteiger charge is 2.32. The molecule has 3 fully saturated rings. The second-order valence-corrected chi connectivity index (χ2v) is 10.5. The second kappa shape index (κ2) is 12.1. The van der Waals surface area contributed by atoms with Gasteiger partial charge in [-0.1, -0.05) is 36.2 Å². The number of hydrogen-bond donors (Lipinski definition) is 0. The number of piperidine rings is 3. The minimum absolute atomic E-state index is 0.333. The first kappa shape index (κ1) is 24.4. The molecule has 5 heteroatoms. The average Bonchev–Trinajstić information content (AvgIpc) is 2.86. The Morgan fingerprint density at radius 2 is 1.79 bits per heavy atom. The van der Waals surface area contributed by atoms with Crippen molar-refractivity contribution in [2.75, 3.05) is 32.7 Å². The summed E-state index contributed by atoms with van der Waals surface area (Å²) in [6.07, 6.45) is 12.9. The number of nitrogens with zero attached hydrogens (tertiary/aromatic N) is 3. The Labute approximate surface area is 200 Å². The third kappa shape index (κ3) is 6.45. The van der Waals surface area contributed by atoms with Crippen LogP contribution in [0, 0.1) is 6.92 Å².